The number of hydrogen-bond acceptors (Lipinski definition) is 3. The molecule has 1 unspecified atom stereocenters. The van der Waals surface area contributed by atoms with Crippen molar-refractivity contribution in [1.82, 2.24) is 0 Å². The van der Waals surface area contributed by atoms with Crippen LogP contribution in [0.5, 0.6) is 5.75 Å². The Bertz CT molecular complexity index is 604. The zero-order valence-electron chi connectivity index (χ0n) is 11.5. The molecule has 3 nitrogen and oxygen atoms in total. The van der Waals surface area contributed by atoms with Crippen molar-refractivity contribution in [2.45, 2.75) is 18.9 Å². The Labute approximate surface area is 119 Å². The molecule has 0 amide bonds. The molecule has 0 spiro atoms. The zero-order valence-corrected chi connectivity index (χ0v) is 11.5. The lowest BCUT2D eigenvalue weighted by Crippen LogP contribution is -2.41. The molecule has 2 aromatic rings. The highest BCUT2D eigenvalue weighted by Crippen LogP contribution is 2.23. The third-order valence-electron chi connectivity index (χ3n) is 3.30. The third-order valence-corrected chi connectivity index (χ3v) is 3.30. The molecule has 2 rings (SSSR count). The van der Waals surface area contributed by atoms with Crippen LogP contribution in [-0.4, -0.2) is 6.61 Å². The van der Waals surface area contributed by atoms with Gasteiger partial charge < -0.3 is 10.5 Å². The van der Waals surface area contributed by atoms with E-state index < -0.39 is 5.54 Å². The number of para-hydroxylation sites is 1. The van der Waals surface area contributed by atoms with Crippen LogP contribution in [0.15, 0.2) is 54.6 Å². The summed E-state index contributed by atoms with van der Waals surface area (Å²) in [5, 5.41) is 9.39. The van der Waals surface area contributed by atoms with E-state index in [0.717, 1.165) is 23.3 Å². The van der Waals surface area contributed by atoms with Crippen LogP contribution in [0.2, 0.25) is 0 Å². The van der Waals surface area contributed by atoms with Gasteiger partial charge in [0.15, 0.2) is 5.54 Å². The summed E-state index contributed by atoms with van der Waals surface area (Å²) >= 11 is 0. The first-order valence-corrected chi connectivity index (χ1v) is 6.66. The van der Waals surface area contributed by atoms with Crippen molar-refractivity contribution in [1.29, 1.82) is 5.26 Å². The molecule has 102 valence electrons. The van der Waals surface area contributed by atoms with Crippen LogP contribution < -0.4 is 10.5 Å². The monoisotopic (exact) mass is 266 g/mol. The lowest BCUT2D eigenvalue weighted by atomic mass is 9.93. The van der Waals surface area contributed by atoms with E-state index in [4.69, 9.17) is 10.5 Å². The predicted octanol–water partition coefficient (Wildman–Crippen LogP) is 3.01. The largest absolute Gasteiger partial charge is 0.490 e. The van der Waals surface area contributed by atoms with E-state index >= 15 is 0 Å². The van der Waals surface area contributed by atoms with E-state index in [1.165, 1.54) is 0 Å². The second-order valence-electron chi connectivity index (χ2n) is 4.70. The summed E-state index contributed by atoms with van der Waals surface area (Å²) in [6.07, 6.45) is 0.881. The van der Waals surface area contributed by atoms with Gasteiger partial charge in [0.25, 0.3) is 0 Å². The van der Waals surface area contributed by atoms with E-state index in [-0.39, 0.29) is 6.61 Å². The molecule has 2 aromatic carbocycles. The molecule has 0 aliphatic carbocycles. The minimum absolute atomic E-state index is 0.129. The van der Waals surface area contributed by atoms with Gasteiger partial charge in [0, 0.05) is 0 Å². The number of rotatable bonds is 5. The smallest absolute Gasteiger partial charge is 0.164 e. The molecule has 3 heteroatoms. The Morgan fingerprint density at radius 3 is 2.40 bits per heavy atom. The molecular formula is C17H18N2O. The second kappa shape index (κ2) is 6.23. The number of benzene rings is 2. The van der Waals surface area contributed by atoms with Crippen molar-refractivity contribution in [3.05, 3.63) is 65.7 Å². The van der Waals surface area contributed by atoms with Gasteiger partial charge in [-0.15, -0.1) is 0 Å². The number of aryl methyl sites for hydroxylation is 1. The first kappa shape index (κ1) is 14.1. The molecule has 0 saturated heterocycles. The second-order valence-corrected chi connectivity index (χ2v) is 4.70. The number of nitriles is 1. The molecule has 0 heterocycles. The maximum Gasteiger partial charge on any atom is 0.164 e. The Kier molecular flexibility index (Phi) is 4.39. The average molecular weight is 266 g/mol. The third kappa shape index (κ3) is 2.98. The highest BCUT2D eigenvalue weighted by molar-refractivity contribution is 5.35. The number of nitrogens with zero attached hydrogens (tertiary/aromatic N) is 1. The number of ether oxygens (including phenoxy) is 1. The molecule has 0 aromatic heterocycles. The zero-order chi connectivity index (χ0) is 14.4. The molecule has 0 fully saturated rings. The lowest BCUT2D eigenvalue weighted by Gasteiger charge is -2.23. The normalized spacial score (nSPS) is 13.2. The lowest BCUT2D eigenvalue weighted by molar-refractivity contribution is 0.253. The van der Waals surface area contributed by atoms with Gasteiger partial charge in [-0.1, -0.05) is 55.5 Å². The first-order chi connectivity index (χ1) is 9.69. The van der Waals surface area contributed by atoms with Crippen molar-refractivity contribution in [3.63, 3.8) is 0 Å². The summed E-state index contributed by atoms with van der Waals surface area (Å²) in [4.78, 5) is 0. The molecule has 20 heavy (non-hydrogen) atoms. The molecule has 0 bridgehead atoms. The van der Waals surface area contributed by atoms with Gasteiger partial charge in [0.2, 0.25) is 0 Å². The molecule has 0 aliphatic rings. The Balaban J connectivity index is 2.18. The molecular weight excluding hydrogens is 248 g/mol. The van der Waals surface area contributed by atoms with E-state index in [2.05, 4.69) is 13.0 Å². The standard InChI is InChI=1S/C17H18N2O/c1-2-14-8-6-7-11-16(14)20-13-17(19,12-18)15-9-4-3-5-10-15/h3-11H,2,13,19H2,1H3. The van der Waals surface area contributed by atoms with Gasteiger partial charge in [-0.05, 0) is 23.6 Å². The molecule has 0 radical (unpaired) electrons. The van der Waals surface area contributed by atoms with Crippen LogP contribution in [0.1, 0.15) is 18.1 Å². The maximum absolute atomic E-state index is 9.39. The van der Waals surface area contributed by atoms with Gasteiger partial charge in [0.05, 0.1) is 6.07 Å². The first-order valence-electron chi connectivity index (χ1n) is 6.66. The van der Waals surface area contributed by atoms with Crippen LogP contribution in [0, 0.1) is 11.3 Å². The Morgan fingerprint density at radius 2 is 1.75 bits per heavy atom. The van der Waals surface area contributed by atoms with Crippen molar-refractivity contribution >= 4 is 0 Å². The minimum atomic E-state index is -1.14. The predicted molar refractivity (Wildman–Crippen MR) is 79.2 cm³/mol. The van der Waals surface area contributed by atoms with Crippen molar-refractivity contribution in [2.24, 2.45) is 5.73 Å². The fourth-order valence-corrected chi connectivity index (χ4v) is 2.04. The highest BCUT2D eigenvalue weighted by atomic mass is 16.5. The van der Waals surface area contributed by atoms with Crippen LogP contribution in [0.3, 0.4) is 0 Å². The molecule has 1 atom stereocenters. The number of nitrogens with two attached hydrogens (primary N) is 1. The van der Waals surface area contributed by atoms with E-state index in [1.54, 1.807) is 0 Å². The fourth-order valence-electron chi connectivity index (χ4n) is 2.04. The summed E-state index contributed by atoms with van der Waals surface area (Å²) in [6.45, 7) is 2.20. The summed E-state index contributed by atoms with van der Waals surface area (Å²) in [5.41, 5.74) is 6.91. The maximum atomic E-state index is 9.39. The Hall–Kier alpha value is -2.31. The SMILES string of the molecule is CCc1ccccc1OCC(N)(C#N)c1ccccc1. The van der Waals surface area contributed by atoms with E-state index in [1.807, 2.05) is 54.6 Å². The highest BCUT2D eigenvalue weighted by Gasteiger charge is 2.28. The van der Waals surface area contributed by atoms with Crippen LogP contribution in [0.25, 0.3) is 0 Å². The van der Waals surface area contributed by atoms with E-state index in [9.17, 15) is 5.26 Å². The minimum Gasteiger partial charge on any atom is -0.490 e. The van der Waals surface area contributed by atoms with Gasteiger partial charge in [0.1, 0.15) is 12.4 Å². The van der Waals surface area contributed by atoms with E-state index in [0.29, 0.717) is 0 Å². The quantitative estimate of drug-likeness (QED) is 0.905. The van der Waals surface area contributed by atoms with Crippen molar-refractivity contribution in [3.8, 4) is 11.8 Å². The van der Waals surface area contributed by atoms with Crippen LogP contribution in [-0.2, 0) is 12.0 Å². The summed E-state index contributed by atoms with van der Waals surface area (Å²) in [7, 11) is 0. The van der Waals surface area contributed by atoms with Crippen molar-refractivity contribution < 1.29 is 4.74 Å². The number of hydrogen-bond donors (Lipinski definition) is 1. The van der Waals surface area contributed by atoms with Crippen molar-refractivity contribution in [2.75, 3.05) is 6.61 Å². The van der Waals surface area contributed by atoms with Crippen LogP contribution in [0.4, 0.5) is 0 Å². The van der Waals surface area contributed by atoms with Crippen LogP contribution >= 0.6 is 0 Å². The van der Waals surface area contributed by atoms with Gasteiger partial charge in [-0.2, -0.15) is 5.26 Å². The van der Waals surface area contributed by atoms with Gasteiger partial charge in [-0.25, -0.2) is 0 Å². The fraction of sp³-hybridized carbons (Fsp3) is 0.235. The summed E-state index contributed by atoms with van der Waals surface area (Å²) in [5.74, 6) is 0.788. The molecule has 0 saturated carbocycles. The summed E-state index contributed by atoms with van der Waals surface area (Å²) < 4.78 is 5.79. The van der Waals surface area contributed by atoms with Gasteiger partial charge in [-0.3, -0.25) is 0 Å². The molecule has 0 aliphatic heterocycles. The topological polar surface area (TPSA) is 59.0 Å². The Morgan fingerprint density at radius 1 is 1.10 bits per heavy atom. The van der Waals surface area contributed by atoms with Gasteiger partial charge >= 0.3 is 0 Å². The summed E-state index contributed by atoms with van der Waals surface area (Å²) in [6, 6.07) is 19.3. The average Bonchev–Trinajstić information content (AvgIpc) is 2.53. The molecule has 2 N–H and O–H groups in total.